The molecule has 2 aliphatic rings. The van der Waals surface area contributed by atoms with Gasteiger partial charge in [-0.3, -0.25) is 0 Å². The van der Waals surface area contributed by atoms with Crippen molar-refractivity contribution >= 4 is 11.3 Å². The van der Waals surface area contributed by atoms with Gasteiger partial charge in [0.15, 0.2) is 0 Å². The lowest BCUT2D eigenvalue weighted by Gasteiger charge is -2.34. The molecule has 1 saturated heterocycles. The molecule has 0 radical (unpaired) electrons. The van der Waals surface area contributed by atoms with Crippen molar-refractivity contribution in [2.24, 2.45) is 5.92 Å². The van der Waals surface area contributed by atoms with Gasteiger partial charge < -0.3 is 10.6 Å². The van der Waals surface area contributed by atoms with E-state index < -0.39 is 0 Å². The van der Waals surface area contributed by atoms with Crippen molar-refractivity contribution < 1.29 is 0 Å². The predicted octanol–water partition coefficient (Wildman–Crippen LogP) is 3.71. The Morgan fingerprint density at radius 3 is 2.95 bits per heavy atom. The van der Waals surface area contributed by atoms with Crippen molar-refractivity contribution in [1.82, 2.24) is 10.6 Å². The standard InChI is InChI=1S/C16H26N2S/c1-12(16-9-5-11-19-16)18-15-8-4-6-13(15)14-7-2-3-10-17-14/h5,9,11-15,17-18H,2-4,6-8,10H2,1H3. The number of piperidine rings is 1. The Balaban J connectivity index is 1.59. The van der Waals surface area contributed by atoms with Gasteiger partial charge in [0, 0.05) is 23.0 Å². The molecule has 2 nitrogen and oxygen atoms in total. The molecule has 0 aromatic carbocycles. The summed E-state index contributed by atoms with van der Waals surface area (Å²) in [5.41, 5.74) is 0. The van der Waals surface area contributed by atoms with Crippen LogP contribution in [0, 0.1) is 5.92 Å². The van der Waals surface area contributed by atoms with Crippen LogP contribution in [0.4, 0.5) is 0 Å². The summed E-state index contributed by atoms with van der Waals surface area (Å²) >= 11 is 1.87. The minimum atomic E-state index is 0.509. The van der Waals surface area contributed by atoms with Gasteiger partial charge in [0.2, 0.25) is 0 Å². The molecule has 1 aliphatic carbocycles. The zero-order valence-corrected chi connectivity index (χ0v) is 12.7. The fraction of sp³-hybridized carbons (Fsp3) is 0.750. The molecule has 0 bridgehead atoms. The summed E-state index contributed by atoms with van der Waals surface area (Å²) in [5, 5.41) is 9.84. The topological polar surface area (TPSA) is 24.1 Å². The molecule has 2 heterocycles. The Hall–Kier alpha value is -0.380. The van der Waals surface area contributed by atoms with Crippen molar-refractivity contribution in [3.8, 4) is 0 Å². The van der Waals surface area contributed by atoms with E-state index in [1.54, 1.807) is 0 Å². The first-order chi connectivity index (χ1) is 9.34. The second kappa shape index (κ2) is 6.38. The fourth-order valence-corrected chi connectivity index (χ4v) is 4.61. The minimum Gasteiger partial charge on any atom is -0.314 e. The Morgan fingerprint density at radius 1 is 1.26 bits per heavy atom. The van der Waals surface area contributed by atoms with Crippen molar-refractivity contribution in [3.05, 3.63) is 22.4 Å². The van der Waals surface area contributed by atoms with Crippen molar-refractivity contribution in [2.45, 2.75) is 63.6 Å². The van der Waals surface area contributed by atoms with E-state index in [1.807, 2.05) is 11.3 Å². The summed E-state index contributed by atoms with van der Waals surface area (Å²) in [4.78, 5) is 1.47. The van der Waals surface area contributed by atoms with Crippen LogP contribution in [0.15, 0.2) is 17.5 Å². The van der Waals surface area contributed by atoms with E-state index in [0.717, 1.165) is 12.0 Å². The Labute approximate surface area is 121 Å². The molecule has 19 heavy (non-hydrogen) atoms. The van der Waals surface area contributed by atoms with E-state index >= 15 is 0 Å². The second-order valence-electron chi connectivity index (χ2n) is 6.16. The van der Waals surface area contributed by atoms with Crippen LogP contribution in [-0.2, 0) is 0 Å². The zero-order chi connectivity index (χ0) is 13.1. The van der Waals surface area contributed by atoms with Gasteiger partial charge >= 0.3 is 0 Å². The number of rotatable bonds is 4. The molecule has 106 valence electrons. The highest BCUT2D eigenvalue weighted by Gasteiger charge is 2.34. The van der Waals surface area contributed by atoms with E-state index in [1.165, 1.54) is 49.9 Å². The summed E-state index contributed by atoms with van der Waals surface area (Å²) < 4.78 is 0. The number of nitrogens with one attached hydrogen (secondary N) is 2. The summed E-state index contributed by atoms with van der Waals surface area (Å²) in [6.07, 6.45) is 8.34. The molecule has 3 heteroatoms. The molecule has 4 atom stereocenters. The van der Waals surface area contributed by atoms with Gasteiger partial charge in [0.1, 0.15) is 0 Å². The SMILES string of the molecule is CC(NC1CCCC1C1CCCCN1)c1cccs1. The van der Waals surface area contributed by atoms with Gasteiger partial charge in [-0.05, 0) is 56.5 Å². The highest BCUT2D eigenvalue weighted by Crippen LogP contribution is 2.33. The molecule has 0 amide bonds. The molecule has 1 saturated carbocycles. The van der Waals surface area contributed by atoms with Crippen LogP contribution in [-0.4, -0.2) is 18.6 Å². The molecule has 0 spiro atoms. The van der Waals surface area contributed by atoms with Gasteiger partial charge in [-0.2, -0.15) is 0 Å². The predicted molar refractivity (Wildman–Crippen MR) is 82.6 cm³/mol. The average Bonchev–Trinajstić information content (AvgIpc) is 3.11. The smallest absolute Gasteiger partial charge is 0.0388 e. The van der Waals surface area contributed by atoms with Crippen LogP contribution in [0.3, 0.4) is 0 Å². The molecule has 1 aliphatic heterocycles. The third-order valence-corrected chi connectivity index (χ3v) is 5.92. The normalized spacial score (nSPS) is 33.4. The van der Waals surface area contributed by atoms with Gasteiger partial charge in [-0.1, -0.05) is 18.9 Å². The van der Waals surface area contributed by atoms with Crippen LogP contribution < -0.4 is 10.6 Å². The average molecular weight is 278 g/mol. The van der Waals surface area contributed by atoms with Crippen molar-refractivity contribution in [1.29, 1.82) is 0 Å². The lowest BCUT2D eigenvalue weighted by atomic mass is 9.88. The highest BCUT2D eigenvalue weighted by atomic mass is 32.1. The van der Waals surface area contributed by atoms with Crippen molar-refractivity contribution in [3.63, 3.8) is 0 Å². The maximum atomic E-state index is 3.90. The fourth-order valence-electron chi connectivity index (χ4n) is 3.86. The molecular formula is C16H26N2S. The number of hydrogen-bond donors (Lipinski definition) is 2. The largest absolute Gasteiger partial charge is 0.314 e. The zero-order valence-electron chi connectivity index (χ0n) is 11.9. The van der Waals surface area contributed by atoms with E-state index in [9.17, 15) is 0 Å². The van der Waals surface area contributed by atoms with Crippen LogP contribution in [0.25, 0.3) is 0 Å². The molecule has 3 rings (SSSR count). The Morgan fingerprint density at radius 2 is 2.21 bits per heavy atom. The number of hydrogen-bond acceptors (Lipinski definition) is 3. The monoisotopic (exact) mass is 278 g/mol. The van der Waals surface area contributed by atoms with Gasteiger partial charge in [0.25, 0.3) is 0 Å². The van der Waals surface area contributed by atoms with E-state index in [0.29, 0.717) is 12.1 Å². The molecule has 2 N–H and O–H groups in total. The quantitative estimate of drug-likeness (QED) is 0.877. The number of thiophene rings is 1. The summed E-state index contributed by atoms with van der Waals surface area (Å²) in [6.45, 7) is 3.55. The first kappa shape index (κ1) is 13.6. The first-order valence-electron chi connectivity index (χ1n) is 7.87. The van der Waals surface area contributed by atoms with Gasteiger partial charge in [0.05, 0.1) is 0 Å². The lowest BCUT2D eigenvalue weighted by Crippen LogP contribution is -2.47. The van der Waals surface area contributed by atoms with Crippen LogP contribution >= 0.6 is 11.3 Å². The summed E-state index contributed by atoms with van der Waals surface area (Å²) in [6, 6.07) is 6.41. The minimum absolute atomic E-state index is 0.509. The molecule has 1 aromatic rings. The van der Waals surface area contributed by atoms with E-state index in [4.69, 9.17) is 0 Å². The first-order valence-corrected chi connectivity index (χ1v) is 8.75. The maximum absolute atomic E-state index is 3.90. The summed E-state index contributed by atoms with van der Waals surface area (Å²) in [5.74, 6) is 0.850. The Kier molecular flexibility index (Phi) is 4.57. The molecule has 1 aromatic heterocycles. The summed E-state index contributed by atoms with van der Waals surface area (Å²) in [7, 11) is 0. The lowest BCUT2D eigenvalue weighted by molar-refractivity contribution is 0.249. The third-order valence-electron chi connectivity index (χ3n) is 4.87. The molecular weight excluding hydrogens is 252 g/mol. The Bertz CT molecular complexity index is 370. The molecule has 2 fully saturated rings. The van der Waals surface area contributed by atoms with Gasteiger partial charge in [-0.25, -0.2) is 0 Å². The molecule has 4 unspecified atom stereocenters. The van der Waals surface area contributed by atoms with Crippen molar-refractivity contribution in [2.75, 3.05) is 6.54 Å². The third kappa shape index (κ3) is 3.21. The van der Waals surface area contributed by atoms with Gasteiger partial charge in [-0.15, -0.1) is 11.3 Å². The highest BCUT2D eigenvalue weighted by molar-refractivity contribution is 7.10. The van der Waals surface area contributed by atoms with Crippen LogP contribution in [0.2, 0.25) is 0 Å². The second-order valence-corrected chi connectivity index (χ2v) is 7.14. The van der Waals surface area contributed by atoms with E-state index in [2.05, 4.69) is 35.1 Å². The van der Waals surface area contributed by atoms with Crippen LogP contribution in [0.5, 0.6) is 0 Å². The maximum Gasteiger partial charge on any atom is 0.0388 e. The van der Waals surface area contributed by atoms with Crippen LogP contribution in [0.1, 0.15) is 56.4 Å². The van der Waals surface area contributed by atoms with E-state index in [-0.39, 0.29) is 0 Å².